The topological polar surface area (TPSA) is 136 Å². The molecule has 222 valence electrons. The van der Waals surface area contributed by atoms with Crippen LogP contribution in [-0.2, 0) is 15.6 Å². The van der Waals surface area contributed by atoms with E-state index < -0.39 is 10.8 Å². The molecule has 42 heavy (non-hydrogen) atoms. The van der Waals surface area contributed by atoms with Gasteiger partial charge in [-0.15, -0.1) is 5.10 Å². The van der Waals surface area contributed by atoms with Crippen molar-refractivity contribution in [2.45, 2.75) is 63.1 Å². The minimum atomic E-state index is -1.61. The third-order valence-electron chi connectivity index (χ3n) is 8.43. The molecule has 1 aromatic carbocycles. The quantitative estimate of drug-likeness (QED) is 0.398. The highest BCUT2D eigenvalue weighted by Gasteiger charge is 2.25. The number of fused-ring (bicyclic) bond motifs is 3. The lowest BCUT2D eigenvalue weighted by atomic mass is 9.93. The number of nitrogens with zero attached hydrogens (tertiary/aromatic N) is 5. The molecule has 0 spiro atoms. The normalized spacial score (nSPS) is 22.8. The molecule has 1 saturated carbocycles. The number of aromatic amines is 1. The van der Waals surface area contributed by atoms with E-state index in [0.717, 1.165) is 68.7 Å². The average molecular weight is 592 g/mol. The smallest absolute Gasteiger partial charge is 0.281 e. The highest BCUT2D eigenvalue weighted by molar-refractivity contribution is 7.89. The summed E-state index contributed by atoms with van der Waals surface area (Å²) >= 11 is 0. The van der Waals surface area contributed by atoms with Crippen LogP contribution in [0.2, 0.25) is 0 Å². The van der Waals surface area contributed by atoms with Gasteiger partial charge in [-0.3, -0.25) is 14.5 Å². The van der Waals surface area contributed by atoms with Crippen LogP contribution in [0.25, 0.3) is 16.6 Å². The van der Waals surface area contributed by atoms with E-state index in [9.17, 15) is 18.9 Å². The van der Waals surface area contributed by atoms with E-state index in [-0.39, 0.29) is 34.3 Å². The number of rotatable bonds is 6. The molecule has 1 unspecified atom stereocenters. The second kappa shape index (κ2) is 11.9. The van der Waals surface area contributed by atoms with Crippen LogP contribution in [0.1, 0.15) is 46.0 Å². The first-order valence-corrected chi connectivity index (χ1v) is 15.7. The molecule has 1 aliphatic heterocycles. The minimum Gasteiger partial charge on any atom is -0.393 e. The first-order chi connectivity index (χ1) is 20.3. The van der Waals surface area contributed by atoms with Crippen molar-refractivity contribution in [3.05, 3.63) is 62.8 Å². The number of aliphatic hydroxyl groups excluding tert-OH is 1. The van der Waals surface area contributed by atoms with Gasteiger partial charge < -0.3 is 15.3 Å². The number of amides is 1. The lowest BCUT2D eigenvalue weighted by Crippen LogP contribution is -2.51. The number of allylic oxidation sites excluding steroid dienone is 5. The number of H-pyrrole nitrogens is 1. The second-order valence-corrected chi connectivity index (χ2v) is 12.8. The highest BCUT2D eigenvalue weighted by atomic mass is 32.2. The summed E-state index contributed by atoms with van der Waals surface area (Å²) in [4.78, 5) is 35.0. The molecule has 0 bridgehead atoms. The molecule has 0 radical (unpaired) electrons. The molecule has 3 aliphatic rings. The van der Waals surface area contributed by atoms with Crippen LogP contribution >= 0.6 is 0 Å². The van der Waals surface area contributed by atoms with Crippen molar-refractivity contribution in [2.75, 3.05) is 37.6 Å². The van der Waals surface area contributed by atoms with Gasteiger partial charge in [-0.1, -0.05) is 23.8 Å². The molecule has 1 amide bonds. The molecule has 12 heteroatoms. The molecule has 11 nitrogen and oxygen atoms in total. The summed E-state index contributed by atoms with van der Waals surface area (Å²) in [7, 11) is -1.61. The van der Waals surface area contributed by atoms with Gasteiger partial charge in [0.2, 0.25) is 5.91 Å². The standard InChI is InChI=1S/C30H37N7O4S/c1-19-4-3-5-26(20(2)16-19)42(41)30-28-32-29(40)24-11-8-22(17-25(24)37(28)34-33-30)36-14-12-35(13-15-36)18-27(39)31-21-6-9-23(38)10-7-21/h4-5,8,11,16-17,21,23,34,38H,3,6-7,9-10,12-15,18H2,1-2H3,(H,31,39). The molecule has 6 rings (SSSR count). The SMILES string of the molecule is CC1=CCC=C(S(=O)c2n[nH]n3c2nc(=O)c2ccc(N4CCN(CC(=O)NC5CCC(O)CC5)CC4)cc23)C(C)=C1. The van der Waals surface area contributed by atoms with Gasteiger partial charge in [0.15, 0.2) is 10.7 Å². The molecule has 2 aliphatic carbocycles. The minimum absolute atomic E-state index is 0.0361. The van der Waals surface area contributed by atoms with Crippen LogP contribution in [-0.4, -0.2) is 84.8 Å². The molecule has 1 saturated heterocycles. The van der Waals surface area contributed by atoms with Crippen molar-refractivity contribution < 1.29 is 14.1 Å². The predicted molar refractivity (Wildman–Crippen MR) is 163 cm³/mol. The van der Waals surface area contributed by atoms with E-state index in [4.69, 9.17) is 0 Å². The number of aliphatic hydroxyl groups is 1. The van der Waals surface area contributed by atoms with Gasteiger partial charge in [0, 0.05) is 42.8 Å². The zero-order chi connectivity index (χ0) is 29.4. The Hall–Kier alpha value is -3.61. The van der Waals surface area contributed by atoms with Crippen LogP contribution in [0, 0.1) is 0 Å². The van der Waals surface area contributed by atoms with E-state index in [1.807, 2.05) is 38.1 Å². The van der Waals surface area contributed by atoms with Crippen LogP contribution < -0.4 is 15.8 Å². The largest absolute Gasteiger partial charge is 0.393 e. The van der Waals surface area contributed by atoms with Gasteiger partial charge in [0.1, 0.15) is 10.8 Å². The van der Waals surface area contributed by atoms with E-state index in [1.165, 1.54) is 0 Å². The number of anilines is 1. The summed E-state index contributed by atoms with van der Waals surface area (Å²) in [6.45, 7) is 7.26. The Morgan fingerprint density at radius 1 is 1.12 bits per heavy atom. The Morgan fingerprint density at radius 3 is 2.64 bits per heavy atom. The highest BCUT2D eigenvalue weighted by Crippen LogP contribution is 2.28. The fourth-order valence-electron chi connectivity index (χ4n) is 6.09. The Balaban J connectivity index is 1.17. The van der Waals surface area contributed by atoms with Gasteiger partial charge in [-0.25, -0.2) is 13.9 Å². The maximum absolute atomic E-state index is 13.6. The zero-order valence-electron chi connectivity index (χ0n) is 24.0. The van der Waals surface area contributed by atoms with Gasteiger partial charge in [-0.2, -0.15) is 4.98 Å². The number of carbonyl (C=O) groups excluding carboxylic acids is 1. The molecule has 2 fully saturated rings. The van der Waals surface area contributed by atoms with Crippen LogP contribution in [0.3, 0.4) is 0 Å². The summed E-state index contributed by atoms with van der Waals surface area (Å²) in [6, 6.07) is 5.80. The van der Waals surface area contributed by atoms with Crippen molar-refractivity contribution in [1.29, 1.82) is 0 Å². The molecule has 2 aromatic heterocycles. The Bertz CT molecular complexity index is 1690. The second-order valence-electron chi connectivity index (χ2n) is 11.5. The van der Waals surface area contributed by atoms with Crippen molar-refractivity contribution >= 4 is 38.9 Å². The fraction of sp³-hybridized carbons (Fsp3) is 0.467. The number of hydrogen-bond acceptors (Lipinski definition) is 8. The third kappa shape index (κ3) is 5.83. The van der Waals surface area contributed by atoms with Crippen LogP contribution in [0.5, 0.6) is 0 Å². The number of carbonyl (C=O) groups is 1. The summed E-state index contributed by atoms with van der Waals surface area (Å²) in [5, 5.41) is 20.8. The van der Waals surface area contributed by atoms with E-state index in [1.54, 1.807) is 10.6 Å². The Kier molecular flexibility index (Phi) is 8.11. The lowest BCUT2D eigenvalue weighted by molar-refractivity contribution is -0.123. The molecule has 1 atom stereocenters. The Labute approximate surface area is 246 Å². The monoisotopic (exact) mass is 591 g/mol. The molecule has 3 N–H and O–H groups in total. The van der Waals surface area contributed by atoms with E-state index in [0.29, 0.717) is 28.8 Å². The lowest BCUT2D eigenvalue weighted by Gasteiger charge is -2.36. The molecular formula is C30H37N7O4S. The number of nitrogens with one attached hydrogen (secondary N) is 2. The number of hydrogen-bond donors (Lipinski definition) is 3. The average Bonchev–Trinajstić information content (AvgIpc) is 3.32. The maximum atomic E-state index is 13.6. The fourth-order valence-corrected chi connectivity index (χ4v) is 7.32. The van der Waals surface area contributed by atoms with E-state index in [2.05, 4.69) is 36.5 Å². The van der Waals surface area contributed by atoms with Gasteiger partial charge in [0.05, 0.1) is 23.6 Å². The van der Waals surface area contributed by atoms with Crippen molar-refractivity contribution in [3.63, 3.8) is 0 Å². The molecular weight excluding hydrogens is 554 g/mol. The first kappa shape index (κ1) is 28.5. The van der Waals surface area contributed by atoms with Gasteiger partial charge in [-0.05, 0) is 69.7 Å². The van der Waals surface area contributed by atoms with Crippen molar-refractivity contribution in [3.8, 4) is 0 Å². The number of benzene rings is 1. The summed E-state index contributed by atoms with van der Waals surface area (Å²) in [6.07, 6.45) is 9.59. The number of aromatic nitrogens is 4. The van der Waals surface area contributed by atoms with Crippen LogP contribution in [0.15, 0.2) is 62.3 Å². The van der Waals surface area contributed by atoms with Crippen molar-refractivity contribution in [2.24, 2.45) is 0 Å². The Morgan fingerprint density at radius 2 is 1.88 bits per heavy atom. The summed E-state index contributed by atoms with van der Waals surface area (Å²) < 4.78 is 15.3. The van der Waals surface area contributed by atoms with E-state index >= 15 is 0 Å². The first-order valence-electron chi connectivity index (χ1n) is 14.6. The molecule has 3 aromatic rings. The summed E-state index contributed by atoms with van der Waals surface area (Å²) in [5.41, 5.74) is 3.46. The summed E-state index contributed by atoms with van der Waals surface area (Å²) in [5.74, 6) is 0.0361. The third-order valence-corrected chi connectivity index (χ3v) is 9.95. The maximum Gasteiger partial charge on any atom is 0.281 e. The predicted octanol–water partition coefficient (Wildman–Crippen LogP) is 2.40. The van der Waals surface area contributed by atoms with Crippen molar-refractivity contribution in [1.82, 2.24) is 30.0 Å². The van der Waals surface area contributed by atoms with Gasteiger partial charge in [0.25, 0.3) is 5.56 Å². The van der Waals surface area contributed by atoms with Crippen LogP contribution in [0.4, 0.5) is 5.69 Å². The number of piperazine rings is 1. The molecule has 3 heterocycles. The van der Waals surface area contributed by atoms with Gasteiger partial charge >= 0.3 is 0 Å². The zero-order valence-corrected chi connectivity index (χ0v) is 24.8.